The molecule has 1 N–H and O–H groups in total. The highest BCUT2D eigenvalue weighted by atomic mass is 32.1. The van der Waals surface area contributed by atoms with E-state index < -0.39 is 0 Å². The van der Waals surface area contributed by atoms with Crippen molar-refractivity contribution in [2.45, 2.75) is 6.54 Å². The third-order valence-electron chi connectivity index (χ3n) is 2.38. The van der Waals surface area contributed by atoms with Crippen LogP contribution in [0.2, 0.25) is 0 Å². The number of pyridine rings is 1. The summed E-state index contributed by atoms with van der Waals surface area (Å²) in [5.74, 6) is 0.932. The highest BCUT2D eigenvalue weighted by Gasteiger charge is 2.03. The molecule has 80 valence electrons. The Kier molecular flexibility index (Phi) is 2.34. The molecule has 3 heterocycles. The van der Waals surface area contributed by atoms with Gasteiger partial charge in [-0.05, 0) is 29.6 Å². The van der Waals surface area contributed by atoms with Crippen LogP contribution in [0.4, 0.5) is 5.69 Å². The van der Waals surface area contributed by atoms with Gasteiger partial charge in [-0.2, -0.15) is 0 Å². The van der Waals surface area contributed by atoms with Gasteiger partial charge in [-0.1, -0.05) is 0 Å². The van der Waals surface area contributed by atoms with Gasteiger partial charge in [0.05, 0.1) is 28.7 Å². The third kappa shape index (κ3) is 1.67. The van der Waals surface area contributed by atoms with Crippen molar-refractivity contribution in [1.82, 2.24) is 4.98 Å². The minimum atomic E-state index is 0.698. The summed E-state index contributed by atoms with van der Waals surface area (Å²) in [4.78, 5) is 4.29. The van der Waals surface area contributed by atoms with Crippen LogP contribution in [0, 0.1) is 0 Å². The van der Waals surface area contributed by atoms with Gasteiger partial charge in [-0.3, -0.25) is 4.98 Å². The average molecular weight is 230 g/mol. The first kappa shape index (κ1) is 9.42. The fraction of sp³-hybridized carbons (Fsp3) is 0.0833. The van der Waals surface area contributed by atoms with E-state index in [-0.39, 0.29) is 0 Å². The Morgan fingerprint density at radius 1 is 1.31 bits per heavy atom. The van der Waals surface area contributed by atoms with E-state index in [2.05, 4.69) is 15.7 Å². The molecule has 0 aromatic carbocycles. The smallest absolute Gasteiger partial charge is 0.122 e. The number of nitrogens with zero attached hydrogens (tertiary/aromatic N) is 1. The van der Waals surface area contributed by atoms with E-state index in [0.717, 1.165) is 17.0 Å². The summed E-state index contributed by atoms with van der Waals surface area (Å²) in [6.45, 7) is 0.698. The lowest BCUT2D eigenvalue weighted by Gasteiger charge is -2.04. The molecule has 0 saturated carbocycles. The fourth-order valence-corrected chi connectivity index (χ4v) is 2.45. The number of furan rings is 1. The Bertz CT molecular complexity index is 586. The number of hydrogen-bond acceptors (Lipinski definition) is 4. The van der Waals surface area contributed by atoms with Crippen LogP contribution in [-0.2, 0) is 6.54 Å². The summed E-state index contributed by atoms with van der Waals surface area (Å²) in [5.41, 5.74) is 2.14. The summed E-state index contributed by atoms with van der Waals surface area (Å²) in [6.07, 6.45) is 3.50. The molecule has 3 aromatic rings. The molecule has 0 saturated heterocycles. The van der Waals surface area contributed by atoms with Crippen LogP contribution in [0.3, 0.4) is 0 Å². The second-order valence-corrected chi connectivity index (χ2v) is 4.34. The lowest BCUT2D eigenvalue weighted by atomic mass is 10.3. The van der Waals surface area contributed by atoms with Gasteiger partial charge in [-0.25, -0.2) is 0 Å². The molecule has 0 atom stereocenters. The number of thiophene rings is 1. The van der Waals surface area contributed by atoms with E-state index in [4.69, 9.17) is 4.42 Å². The lowest BCUT2D eigenvalue weighted by Crippen LogP contribution is -1.98. The molecule has 16 heavy (non-hydrogen) atoms. The largest absolute Gasteiger partial charge is 0.467 e. The number of fused-ring (bicyclic) bond motifs is 1. The molecule has 0 aliphatic carbocycles. The summed E-state index contributed by atoms with van der Waals surface area (Å²) >= 11 is 1.70. The van der Waals surface area contributed by atoms with Crippen molar-refractivity contribution in [2.75, 3.05) is 5.32 Å². The highest BCUT2D eigenvalue weighted by molar-refractivity contribution is 7.17. The average Bonchev–Trinajstić information content (AvgIpc) is 2.97. The van der Waals surface area contributed by atoms with Gasteiger partial charge in [0, 0.05) is 6.20 Å². The molecule has 0 radical (unpaired) electrons. The fourth-order valence-electron chi connectivity index (χ4n) is 1.61. The molecule has 0 fully saturated rings. The minimum absolute atomic E-state index is 0.698. The van der Waals surface area contributed by atoms with Crippen molar-refractivity contribution < 1.29 is 4.42 Å². The van der Waals surface area contributed by atoms with Crippen molar-refractivity contribution in [3.8, 4) is 0 Å². The molecular formula is C12H10N2OS. The Balaban J connectivity index is 1.86. The molecule has 0 amide bonds. The van der Waals surface area contributed by atoms with Crippen LogP contribution in [0.1, 0.15) is 5.76 Å². The zero-order valence-corrected chi connectivity index (χ0v) is 9.33. The summed E-state index contributed by atoms with van der Waals surface area (Å²) in [7, 11) is 0. The molecular weight excluding hydrogens is 220 g/mol. The standard InChI is InChI=1S/C12H10N2OS/c1-2-9(15-6-1)8-14-10-3-5-13-11-4-7-16-12(10)11/h1-7H,8H2,(H,13,14). The van der Waals surface area contributed by atoms with Crippen molar-refractivity contribution in [3.63, 3.8) is 0 Å². The first-order valence-electron chi connectivity index (χ1n) is 5.02. The normalized spacial score (nSPS) is 10.8. The van der Waals surface area contributed by atoms with Crippen LogP contribution in [0.5, 0.6) is 0 Å². The molecule has 0 spiro atoms. The Morgan fingerprint density at radius 2 is 2.31 bits per heavy atom. The molecule has 0 bridgehead atoms. The number of aromatic nitrogens is 1. The molecule has 4 heteroatoms. The SMILES string of the molecule is c1coc(CNc2ccnc3ccsc23)c1. The highest BCUT2D eigenvalue weighted by Crippen LogP contribution is 2.27. The van der Waals surface area contributed by atoms with Crippen LogP contribution in [0.25, 0.3) is 10.2 Å². The van der Waals surface area contributed by atoms with E-state index in [1.807, 2.05) is 30.5 Å². The first-order chi connectivity index (χ1) is 7.93. The molecule has 0 aliphatic rings. The maximum atomic E-state index is 5.27. The van der Waals surface area contributed by atoms with Crippen molar-refractivity contribution in [2.24, 2.45) is 0 Å². The van der Waals surface area contributed by atoms with Gasteiger partial charge in [0.15, 0.2) is 0 Å². The van der Waals surface area contributed by atoms with Gasteiger partial charge < -0.3 is 9.73 Å². The summed E-state index contributed by atoms with van der Waals surface area (Å²) < 4.78 is 6.46. The quantitative estimate of drug-likeness (QED) is 0.748. The van der Waals surface area contributed by atoms with E-state index in [9.17, 15) is 0 Å². The molecule has 3 aromatic heterocycles. The molecule has 3 rings (SSSR count). The second kappa shape index (κ2) is 3.98. The maximum absolute atomic E-state index is 5.27. The molecule has 0 unspecified atom stereocenters. The van der Waals surface area contributed by atoms with Gasteiger partial charge in [0.25, 0.3) is 0 Å². The summed E-state index contributed by atoms with van der Waals surface area (Å²) in [5, 5.41) is 5.40. The van der Waals surface area contributed by atoms with Gasteiger partial charge in [0.1, 0.15) is 5.76 Å². The Morgan fingerprint density at radius 3 is 3.19 bits per heavy atom. The second-order valence-electron chi connectivity index (χ2n) is 3.43. The number of hydrogen-bond donors (Lipinski definition) is 1. The monoisotopic (exact) mass is 230 g/mol. The predicted molar refractivity (Wildman–Crippen MR) is 65.7 cm³/mol. The first-order valence-corrected chi connectivity index (χ1v) is 5.90. The van der Waals surface area contributed by atoms with Crippen LogP contribution < -0.4 is 5.32 Å². The van der Waals surface area contributed by atoms with Crippen LogP contribution in [0.15, 0.2) is 46.5 Å². The van der Waals surface area contributed by atoms with Gasteiger partial charge >= 0.3 is 0 Å². The molecule has 3 nitrogen and oxygen atoms in total. The number of nitrogens with one attached hydrogen (secondary N) is 1. The van der Waals surface area contributed by atoms with Gasteiger partial charge in [0.2, 0.25) is 0 Å². The zero-order valence-electron chi connectivity index (χ0n) is 8.51. The van der Waals surface area contributed by atoms with Gasteiger partial charge in [-0.15, -0.1) is 11.3 Å². The topological polar surface area (TPSA) is 38.1 Å². The zero-order chi connectivity index (χ0) is 10.8. The van der Waals surface area contributed by atoms with Crippen LogP contribution >= 0.6 is 11.3 Å². The third-order valence-corrected chi connectivity index (χ3v) is 3.31. The maximum Gasteiger partial charge on any atom is 0.122 e. The van der Waals surface area contributed by atoms with E-state index in [1.54, 1.807) is 17.6 Å². The minimum Gasteiger partial charge on any atom is -0.467 e. The predicted octanol–water partition coefficient (Wildman–Crippen LogP) is 3.50. The van der Waals surface area contributed by atoms with Crippen LogP contribution in [-0.4, -0.2) is 4.98 Å². The van der Waals surface area contributed by atoms with Crippen molar-refractivity contribution in [3.05, 3.63) is 47.9 Å². The summed E-state index contributed by atoms with van der Waals surface area (Å²) in [6, 6.07) is 7.87. The number of rotatable bonds is 3. The molecule has 0 aliphatic heterocycles. The van der Waals surface area contributed by atoms with E-state index >= 15 is 0 Å². The van der Waals surface area contributed by atoms with E-state index in [1.165, 1.54) is 4.70 Å². The Labute approximate surface area is 96.7 Å². The Hall–Kier alpha value is -1.81. The van der Waals surface area contributed by atoms with Crippen molar-refractivity contribution in [1.29, 1.82) is 0 Å². The van der Waals surface area contributed by atoms with Crippen molar-refractivity contribution >= 4 is 27.2 Å². The number of anilines is 1. The lowest BCUT2D eigenvalue weighted by molar-refractivity contribution is 0.518. The van der Waals surface area contributed by atoms with E-state index in [0.29, 0.717) is 6.54 Å².